The van der Waals surface area contributed by atoms with Crippen LogP contribution in [-0.2, 0) is 4.79 Å². The Morgan fingerprint density at radius 2 is 2.00 bits per heavy atom. The molecule has 0 radical (unpaired) electrons. The summed E-state index contributed by atoms with van der Waals surface area (Å²) in [5.41, 5.74) is 9.30. The molecule has 2 aromatic rings. The number of benzene rings is 2. The minimum atomic E-state index is -0.0770. The molecule has 0 heterocycles. The number of carbonyl (C=O) groups is 1. The Balaban J connectivity index is 1.81. The molecule has 1 amide bonds. The molecule has 0 fully saturated rings. The maximum absolute atomic E-state index is 11.8. The van der Waals surface area contributed by atoms with Gasteiger partial charge in [0.2, 0.25) is 5.91 Å². The highest BCUT2D eigenvalue weighted by atomic mass is 16.5. The average Bonchev–Trinajstić information content (AvgIpc) is 2.43. The van der Waals surface area contributed by atoms with Crippen LogP contribution in [0.3, 0.4) is 0 Å². The lowest BCUT2D eigenvalue weighted by Crippen LogP contribution is -2.15. The summed E-state index contributed by atoms with van der Waals surface area (Å²) in [5, 5.41) is 2.83. The Bertz CT molecular complexity index is 638. The van der Waals surface area contributed by atoms with Crippen LogP contribution in [0.15, 0.2) is 42.5 Å². The van der Waals surface area contributed by atoms with Crippen LogP contribution in [0.25, 0.3) is 0 Å². The first-order valence-electron chi connectivity index (χ1n) is 6.90. The van der Waals surface area contributed by atoms with Gasteiger partial charge in [0.1, 0.15) is 5.75 Å². The van der Waals surface area contributed by atoms with Gasteiger partial charge in [0.15, 0.2) is 0 Å². The van der Waals surface area contributed by atoms with Gasteiger partial charge in [-0.2, -0.15) is 0 Å². The predicted octanol–water partition coefficient (Wildman–Crippen LogP) is 3.29. The van der Waals surface area contributed by atoms with E-state index < -0.39 is 0 Å². The molecule has 0 saturated heterocycles. The molecule has 0 bridgehead atoms. The Hall–Kier alpha value is -2.49. The zero-order valence-corrected chi connectivity index (χ0v) is 12.3. The number of anilines is 2. The lowest BCUT2D eigenvalue weighted by atomic mass is 10.2. The Labute approximate surface area is 124 Å². The van der Waals surface area contributed by atoms with E-state index in [-0.39, 0.29) is 5.91 Å². The summed E-state index contributed by atoms with van der Waals surface area (Å²) in [6.45, 7) is 4.26. The van der Waals surface area contributed by atoms with Gasteiger partial charge in [-0.25, -0.2) is 0 Å². The van der Waals surface area contributed by atoms with E-state index in [1.165, 1.54) is 0 Å². The smallest absolute Gasteiger partial charge is 0.227 e. The van der Waals surface area contributed by atoms with Gasteiger partial charge in [0.25, 0.3) is 0 Å². The predicted molar refractivity (Wildman–Crippen MR) is 85.5 cm³/mol. The first kappa shape index (κ1) is 14.9. The van der Waals surface area contributed by atoms with Gasteiger partial charge < -0.3 is 15.8 Å². The maximum atomic E-state index is 11.8. The van der Waals surface area contributed by atoms with Crippen molar-refractivity contribution < 1.29 is 9.53 Å². The summed E-state index contributed by atoms with van der Waals surface area (Å²) in [6, 6.07) is 13.2. The van der Waals surface area contributed by atoms with Gasteiger partial charge in [-0.05, 0) is 55.3 Å². The number of nitrogens with one attached hydrogen (secondary N) is 1. The van der Waals surface area contributed by atoms with Crippen LogP contribution in [-0.4, -0.2) is 12.5 Å². The average molecular weight is 284 g/mol. The molecule has 0 unspecified atom stereocenters. The molecule has 2 rings (SSSR count). The minimum absolute atomic E-state index is 0.0770. The van der Waals surface area contributed by atoms with Crippen molar-refractivity contribution >= 4 is 17.3 Å². The summed E-state index contributed by atoms with van der Waals surface area (Å²) in [5.74, 6) is 0.706. The molecule has 2 aromatic carbocycles. The largest absolute Gasteiger partial charge is 0.493 e. The van der Waals surface area contributed by atoms with Gasteiger partial charge in [-0.1, -0.05) is 12.1 Å². The van der Waals surface area contributed by atoms with Gasteiger partial charge in [0.05, 0.1) is 13.0 Å². The van der Waals surface area contributed by atoms with Crippen molar-refractivity contribution in [3.63, 3.8) is 0 Å². The summed E-state index contributed by atoms with van der Waals surface area (Å²) in [7, 11) is 0. The third-order valence-electron chi connectivity index (χ3n) is 3.14. The number of carbonyl (C=O) groups excluding carboxylic acids is 1. The van der Waals surface area contributed by atoms with E-state index in [9.17, 15) is 4.79 Å². The zero-order chi connectivity index (χ0) is 15.2. The normalized spacial score (nSPS) is 10.2. The topological polar surface area (TPSA) is 64.3 Å². The summed E-state index contributed by atoms with van der Waals surface area (Å²) < 4.78 is 5.56. The molecular weight excluding hydrogens is 264 g/mol. The van der Waals surface area contributed by atoms with Crippen molar-refractivity contribution in [3.05, 3.63) is 53.6 Å². The molecule has 4 nitrogen and oxygen atoms in total. The van der Waals surface area contributed by atoms with E-state index >= 15 is 0 Å². The van der Waals surface area contributed by atoms with Gasteiger partial charge in [0, 0.05) is 11.4 Å². The molecule has 0 aromatic heterocycles. The minimum Gasteiger partial charge on any atom is -0.493 e. The molecule has 4 heteroatoms. The quantitative estimate of drug-likeness (QED) is 0.828. The number of hydrogen-bond donors (Lipinski definition) is 2. The van der Waals surface area contributed by atoms with Crippen LogP contribution in [0, 0.1) is 13.8 Å². The van der Waals surface area contributed by atoms with Crippen molar-refractivity contribution in [1.82, 2.24) is 0 Å². The fourth-order valence-electron chi connectivity index (χ4n) is 1.94. The third-order valence-corrected chi connectivity index (χ3v) is 3.14. The molecule has 3 N–H and O–H groups in total. The first-order valence-corrected chi connectivity index (χ1v) is 6.90. The molecular formula is C17H20N2O2. The summed E-state index contributed by atoms with van der Waals surface area (Å²) >= 11 is 0. The van der Waals surface area contributed by atoms with Crippen molar-refractivity contribution in [3.8, 4) is 5.75 Å². The zero-order valence-electron chi connectivity index (χ0n) is 12.3. The Morgan fingerprint density at radius 3 is 2.71 bits per heavy atom. The number of nitrogen functional groups attached to an aromatic ring is 1. The van der Waals surface area contributed by atoms with Crippen molar-refractivity contribution in [2.45, 2.75) is 20.3 Å². The SMILES string of the molecule is Cc1cccc(OCCC(=O)Nc2ccc(N)c(C)c2)c1. The second kappa shape index (κ2) is 6.79. The third kappa shape index (κ3) is 4.53. The molecule has 0 aliphatic heterocycles. The van der Waals surface area contributed by atoms with E-state index in [1.54, 1.807) is 12.1 Å². The Kier molecular flexibility index (Phi) is 4.82. The monoisotopic (exact) mass is 284 g/mol. The van der Waals surface area contributed by atoms with Crippen molar-refractivity contribution in [2.24, 2.45) is 0 Å². The first-order chi connectivity index (χ1) is 10.0. The molecule has 0 aliphatic rings. The number of hydrogen-bond acceptors (Lipinski definition) is 3. The number of nitrogens with two attached hydrogens (primary N) is 1. The lowest BCUT2D eigenvalue weighted by molar-refractivity contribution is -0.116. The molecule has 110 valence electrons. The molecule has 0 saturated carbocycles. The Morgan fingerprint density at radius 1 is 1.19 bits per heavy atom. The van der Waals surface area contributed by atoms with Crippen LogP contribution in [0.1, 0.15) is 17.5 Å². The second-order valence-corrected chi connectivity index (χ2v) is 5.03. The van der Waals surface area contributed by atoms with Crippen LogP contribution in [0.5, 0.6) is 5.75 Å². The fraction of sp³-hybridized carbons (Fsp3) is 0.235. The number of rotatable bonds is 5. The lowest BCUT2D eigenvalue weighted by Gasteiger charge is -2.09. The highest BCUT2D eigenvalue weighted by molar-refractivity contribution is 5.91. The van der Waals surface area contributed by atoms with Crippen molar-refractivity contribution in [2.75, 3.05) is 17.7 Å². The van der Waals surface area contributed by atoms with E-state index in [1.807, 2.05) is 44.2 Å². The van der Waals surface area contributed by atoms with E-state index in [0.717, 1.165) is 28.3 Å². The van der Waals surface area contributed by atoms with E-state index in [4.69, 9.17) is 10.5 Å². The van der Waals surface area contributed by atoms with E-state index in [0.29, 0.717) is 13.0 Å². The molecule has 0 atom stereocenters. The number of aryl methyl sites for hydroxylation is 2. The standard InChI is InChI=1S/C17H20N2O2/c1-12-4-3-5-15(10-12)21-9-8-17(20)19-14-6-7-16(18)13(2)11-14/h3-7,10-11H,8-9,18H2,1-2H3,(H,19,20). The van der Waals surface area contributed by atoms with Crippen LogP contribution < -0.4 is 15.8 Å². The maximum Gasteiger partial charge on any atom is 0.227 e. The van der Waals surface area contributed by atoms with E-state index in [2.05, 4.69) is 5.32 Å². The number of ether oxygens (including phenoxy) is 1. The summed E-state index contributed by atoms with van der Waals surface area (Å²) in [4.78, 5) is 11.8. The summed E-state index contributed by atoms with van der Waals surface area (Å²) in [6.07, 6.45) is 0.303. The van der Waals surface area contributed by atoms with Crippen molar-refractivity contribution in [1.29, 1.82) is 0 Å². The number of amides is 1. The highest BCUT2D eigenvalue weighted by Gasteiger charge is 2.04. The molecule has 0 spiro atoms. The van der Waals surface area contributed by atoms with Crippen LogP contribution in [0.4, 0.5) is 11.4 Å². The highest BCUT2D eigenvalue weighted by Crippen LogP contribution is 2.17. The molecule has 21 heavy (non-hydrogen) atoms. The van der Waals surface area contributed by atoms with Gasteiger partial charge in [-0.15, -0.1) is 0 Å². The van der Waals surface area contributed by atoms with Gasteiger partial charge >= 0.3 is 0 Å². The van der Waals surface area contributed by atoms with Crippen LogP contribution in [0.2, 0.25) is 0 Å². The molecule has 0 aliphatic carbocycles. The van der Waals surface area contributed by atoms with Crippen LogP contribution >= 0.6 is 0 Å². The second-order valence-electron chi connectivity index (χ2n) is 5.03. The van der Waals surface area contributed by atoms with Gasteiger partial charge in [-0.3, -0.25) is 4.79 Å². The fourth-order valence-corrected chi connectivity index (χ4v) is 1.94.